The first kappa shape index (κ1) is 13.8. The summed E-state index contributed by atoms with van der Waals surface area (Å²) in [5.41, 5.74) is -0.787. The lowest BCUT2D eigenvalue weighted by atomic mass is 10.2. The molecule has 1 N–H and O–H groups in total. The van der Waals surface area contributed by atoms with Crippen molar-refractivity contribution in [2.45, 2.75) is 6.92 Å². The van der Waals surface area contributed by atoms with Gasteiger partial charge in [-0.05, 0) is 5.92 Å². The Morgan fingerprint density at radius 3 is 2.18 bits per heavy atom. The van der Waals surface area contributed by atoms with E-state index in [1.165, 1.54) is 7.11 Å². The van der Waals surface area contributed by atoms with Crippen LogP contribution in [0.1, 0.15) is 6.92 Å². The first-order valence-corrected chi connectivity index (χ1v) is 5.03. The molecule has 0 fully saturated rings. The van der Waals surface area contributed by atoms with Gasteiger partial charge in [-0.2, -0.15) is 0 Å². The second-order valence-corrected chi connectivity index (χ2v) is 3.78. The topological polar surface area (TPSA) is 21.3 Å². The molecule has 1 aromatic carbocycles. The molecule has 1 atom stereocenters. The van der Waals surface area contributed by atoms with Crippen LogP contribution in [0.3, 0.4) is 0 Å². The zero-order chi connectivity index (χ0) is 13.0. The largest absolute Gasteiger partial charge is 0.384 e. The molecule has 0 saturated heterocycles. The van der Waals surface area contributed by atoms with Gasteiger partial charge in [0.1, 0.15) is 5.69 Å². The van der Waals surface area contributed by atoms with Crippen molar-refractivity contribution < 1.29 is 22.3 Å². The van der Waals surface area contributed by atoms with E-state index in [0.29, 0.717) is 6.61 Å². The van der Waals surface area contributed by atoms with Crippen molar-refractivity contribution in [2.75, 3.05) is 25.6 Å². The normalized spacial score (nSPS) is 12.6. The van der Waals surface area contributed by atoms with Gasteiger partial charge in [-0.1, -0.05) is 6.92 Å². The number of ether oxygens (including phenoxy) is 1. The Kier molecular flexibility index (Phi) is 4.74. The van der Waals surface area contributed by atoms with Crippen LogP contribution in [0, 0.1) is 29.2 Å². The molecule has 0 aromatic heterocycles. The Bertz CT molecular complexity index is 371. The van der Waals surface area contributed by atoms with Gasteiger partial charge < -0.3 is 10.1 Å². The maximum absolute atomic E-state index is 13.2. The summed E-state index contributed by atoms with van der Waals surface area (Å²) in [5.74, 6) is -5.75. The highest BCUT2D eigenvalue weighted by Gasteiger charge is 2.19. The summed E-state index contributed by atoms with van der Waals surface area (Å²) in [7, 11) is 1.49. The van der Waals surface area contributed by atoms with E-state index in [2.05, 4.69) is 5.32 Å². The van der Waals surface area contributed by atoms with E-state index in [0.717, 1.165) is 0 Å². The lowest BCUT2D eigenvalue weighted by molar-refractivity contribution is 0.164. The third kappa shape index (κ3) is 3.33. The highest BCUT2D eigenvalue weighted by Crippen LogP contribution is 2.24. The molecule has 0 bridgehead atoms. The zero-order valence-electron chi connectivity index (χ0n) is 9.49. The Labute approximate surface area is 96.6 Å². The number of hydrogen-bond donors (Lipinski definition) is 1. The lowest BCUT2D eigenvalue weighted by Gasteiger charge is -2.14. The molecule has 0 aliphatic rings. The van der Waals surface area contributed by atoms with E-state index in [-0.39, 0.29) is 18.5 Å². The molecule has 0 saturated carbocycles. The van der Waals surface area contributed by atoms with Crippen molar-refractivity contribution in [3.63, 3.8) is 0 Å². The number of methoxy groups -OCH3 is 1. The second-order valence-electron chi connectivity index (χ2n) is 3.78. The third-order valence-electron chi connectivity index (χ3n) is 2.19. The summed E-state index contributed by atoms with van der Waals surface area (Å²) in [6, 6.07) is 0.175. The Morgan fingerprint density at radius 2 is 1.71 bits per heavy atom. The summed E-state index contributed by atoms with van der Waals surface area (Å²) in [6.07, 6.45) is 0. The molecule has 0 radical (unpaired) electrons. The van der Waals surface area contributed by atoms with E-state index in [4.69, 9.17) is 4.74 Å². The minimum atomic E-state index is -1.43. The van der Waals surface area contributed by atoms with Gasteiger partial charge >= 0.3 is 0 Å². The van der Waals surface area contributed by atoms with Crippen molar-refractivity contribution in [2.24, 2.45) is 5.92 Å². The lowest BCUT2D eigenvalue weighted by Crippen LogP contribution is -2.18. The molecule has 0 amide bonds. The molecule has 1 unspecified atom stereocenters. The SMILES string of the molecule is COCC(C)CNc1c(F)c(F)cc(F)c1F. The average molecular weight is 251 g/mol. The summed E-state index contributed by atoms with van der Waals surface area (Å²) < 4.78 is 56.9. The molecule has 17 heavy (non-hydrogen) atoms. The molecule has 0 spiro atoms. The molecule has 0 heterocycles. The smallest absolute Gasteiger partial charge is 0.185 e. The maximum Gasteiger partial charge on any atom is 0.185 e. The summed E-state index contributed by atoms with van der Waals surface area (Å²) in [4.78, 5) is 0. The predicted octanol–water partition coefficient (Wildman–Crippen LogP) is 2.94. The van der Waals surface area contributed by atoms with Crippen LogP contribution in [-0.4, -0.2) is 20.3 Å². The van der Waals surface area contributed by atoms with Crippen LogP contribution in [0.4, 0.5) is 23.2 Å². The first-order valence-electron chi connectivity index (χ1n) is 5.03. The Morgan fingerprint density at radius 1 is 1.18 bits per heavy atom. The van der Waals surface area contributed by atoms with Crippen molar-refractivity contribution in [1.82, 2.24) is 0 Å². The summed E-state index contributed by atoms with van der Waals surface area (Å²) in [5, 5.41) is 2.34. The standard InChI is InChI=1S/C11H13F4NO/c1-6(5-17-2)4-16-11-9(14)7(12)3-8(13)10(11)15/h3,6,16H,4-5H2,1-2H3. The van der Waals surface area contributed by atoms with Crippen LogP contribution in [0.2, 0.25) is 0 Å². The van der Waals surface area contributed by atoms with Gasteiger partial charge in [0.05, 0.1) is 6.61 Å². The molecule has 96 valence electrons. The van der Waals surface area contributed by atoms with Crippen molar-refractivity contribution in [3.05, 3.63) is 29.3 Å². The Hall–Kier alpha value is -1.30. The predicted molar refractivity (Wildman–Crippen MR) is 55.8 cm³/mol. The zero-order valence-corrected chi connectivity index (χ0v) is 9.49. The molecular weight excluding hydrogens is 238 g/mol. The molecule has 0 aliphatic heterocycles. The van der Waals surface area contributed by atoms with Crippen molar-refractivity contribution >= 4 is 5.69 Å². The van der Waals surface area contributed by atoms with Crippen LogP contribution in [0.5, 0.6) is 0 Å². The number of rotatable bonds is 5. The number of halogens is 4. The minimum absolute atomic E-state index is 0.0508. The van der Waals surface area contributed by atoms with E-state index in [1.54, 1.807) is 6.92 Å². The van der Waals surface area contributed by atoms with E-state index in [9.17, 15) is 17.6 Å². The molecule has 1 aromatic rings. The number of benzene rings is 1. The fourth-order valence-corrected chi connectivity index (χ4v) is 1.35. The van der Waals surface area contributed by atoms with Crippen LogP contribution < -0.4 is 5.32 Å². The quantitative estimate of drug-likeness (QED) is 0.641. The molecule has 6 heteroatoms. The first-order chi connectivity index (χ1) is 7.97. The van der Waals surface area contributed by atoms with Crippen molar-refractivity contribution in [3.8, 4) is 0 Å². The number of anilines is 1. The van der Waals surface area contributed by atoms with Gasteiger partial charge in [-0.15, -0.1) is 0 Å². The fourth-order valence-electron chi connectivity index (χ4n) is 1.35. The number of nitrogens with one attached hydrogen (secondary N) is 1. The molecule has 0 aliphatic carbocycles. The monoisotopic (exact) mass is 251 g/mol. The van der Waals surface area contributed by atoms with Crippen LogP contribution in [0.25, 0.3) is 0 Å². The maximum atomic E-state index is 13.2. The van der Waals surface area contributed by atoms with E-state index < -0.39 is 29.0 Å². The minimum Gasteiger partial charge on any atom is -0.384 e. The third-order valence-corrected chi connectivity index (χ3v) is 2.19. The highest BCUT2D eigenvalue weighted by molar-refractivity contribution is 5.47. The second kappa shape index (κ2) is 5.86. The average Bonchev–Trinajstić information content (AvgIpc) is 2.27. The van der Waals surface area contributed by atoms with Gasteiger partial charge in [0.15, 0.2) is 23.3 Å². The van der Waals surface area contributed by atoms with Gasteiger partial charge in [0, 0.05) is 19.7 Å². The van der Waals surface area contributed by atoms with Gasteiger partial charge in [-0.25, -0.2) is 17.6 Å². The van der Waals surface area contributed by atoms with Gasteiger partial charge in [0.25, 0.3) is 0 Å². The summed E-state index contributed by atoms with van der Waals surface area (Å²) in [6.45, 7) is 2.28. The van der Waals surface area contributed by atoms with Gasteiger partial charge in [-0.3, -0.25) is 0 Å². The Balaban J connectivity index is 2.83. The molecule has 1 rings (SSSR count). The van der Waals surface area contributed by atoms with Crippen LogP contribution in [-0.2, 0) is 4.74 Å². The highest BCUT2D eigenvalue weighted by atomic mass is 19.2. The number of hydrogen-bond acceptors (Lipinski definition) is 2. The fraction of sp³-hybridized carbons (Fsp3) is 0.455. The van der Waals surface area contributed by atoms with E-state index in [1.807, 2.05) is 0 Å². The van der Waals surface area contributed by atoms with E-state index >= 15 is 0 Å². The summed E-state index contributed by atoms with van der Waals surface area (Å²) >= 11 is 0. The van der Waals surface area contributed by atoms with Crippen LogP contribution in [0.15, 0.2) is 6.07 Å². The van der Waals surface area contributed by atoms with Crippen LogP contribution >= 0.6 is 0 Å². The van der Waals surface area contributed by atoms with Crippen molar-refractivity contribution in [1.29, 1.82) is 0 Å². The molecular formula is C11H13F4NO. The van der Waals surface area contributed by atoms with Gasteiger partial charge in [0.2, 0.25) is 0 Å². The molecule has 2 nitrogen and oxygen atoms in total.